The van der Waals surface area contributed by atoms with Crippen molar-refractivity contribution in [3.63, 3.8) is 0 Å². The van der Waals surface area contributed by atoms with Crippen LogP contribution in [0.15, 0.2) is 48.7 Å². The van der Waals surface area contributed by atoms with E-state index in [2.05, 4.69) is 28.2 Å². The molecule has 1 aromatic heterocycles. The van der Waals surface area contributed by atoms with Crippen LogP contribution in [-0.4, -0.2) is 46.9 Å². The summed E-state index contributed by atoms with van der Waals surface area (Å²) in [5.74, 6) is -0.502. The summed E-state index contributed by atoms with van der Waals surface area (Å²) < 4.78 is 0. The highest BCUT2D eigenvalue weighted by Gasteiger charge is 2.28. The zero-order valence-electron chi connectivity index (χ0n) is 18.5. The number of nitro benzene ring substituents is 1. The number of hydrogen-bond donors (Lipinski definition) is 2. The second-order valence-corrected chi connectivity index (χ2v) is 8.41. The molecule has 168 valence electrons. The van der Waals surface area contributed by atoms with Crippen LogP contribution < -0.4 is 5.32 Å². The van der Waals surface area contributed by atoms with Crippen molar-refractivity contribution in [2.24, 2.45) is 0 Å². The van der Waals surface area contributed by atoms with Crippen LogP contribution in [0.25, 0.3) is 10.9 Å². The van der Waals surface area contributed by atoms with E-state index in [1.165, 1.54) is 24.5 Å². The minimum absolute atomic E-state index is 0.0448. The van der Waals surface area contributed by atoms with Crippen LogP contribution in [0.4, 0.5) is 5.69 Å². The highest BCUT2D eigenvalue weighted by Crippen LogP contribution is 2.38. The Kier molecular flexibility index (Phi) is 6.85. The van der Waals surface area contributed by atoms with Crippen molar-refractivity contribution >= 4 is 22.5 Å². The maximum atomic E-state index is 12.9. The monoisotopic (exact) mass is 434 g/mol. The number of amides is 1. The number of carbonyl (C=O) groups is 1. The van der Waals surface area contributed by atoms with E-state index in [1.807, 2.05) is 18.3 Å². The molecular weight excluding hydrogens is 404 g/mol. The van der Waals surface area contributed by atoms with E-state index in [4.69, 9.17) is 0 Å². The highest BCUT2D eigenvalue weighted by atomic mass is 16.6. The van der Waals surface area contributed by atoms with Gasteiger partial charge in [-0.15, -0.1) is 0 Å². The van der Waals surface area contributed by atoms with Crippen LogP contribution in [0.3, 0.4) is 0 Å². The summed E-state index contributed by atoms with van der Waals surface area (Å²) in [6.45, 7) is 5.71. The predicted octanol–water partition coefficient (Wildman–Crippen LogP) is 4.37. The van der Waals surface area contributed by atoms with E-state index in [9.17, 15) is 14.9 Å². The SMILES string of the molecule is CCc1cccc2c([C@H](CC(=O)NCCN3CCCC3)c3ccccc3[N+](=O)[O-])c[nH]c12. The highest BCUT2D eigenvalue weighted by molar-refractivity contribution is 5.88. The molecule has 2 aromatic carbocycles. The third-order valence-corrected chi connectivity index (χ3v) is 6.44. The molecule has 0 spiro atoms. The Bertz CT molecular complexity index is 1100. The fourth-order valence-corrected chi connectivity index (χ4v) is 4.77. The second kappa shape index (κ2) is 9.96. The standard InChI is InChI=1S/C25H30N4O3/c1-2-18-8-7-10-20-22(17-27-25(18)20)21(19-9-3-4-11-23(19)29(31)32)16-24(30)26-12-15-28-13-5-6-14-28/h3-4,7-11,17,21,27H,2,5-6,12-16H2,1H3,(H,26,30)/t21-/m1/s1. The van der Waals surface area contributed by atoms with Crippen LogP contribution >= 0.6 is 0 Å². The van der Waals surface area contributed by atoms with Crippen molar-refractivity contribution in [1.29, 1.82) is 0 Å². The number of aromatic amines is 1. The second-order valence-electron chi connectivity index (χ2n) is 8.41. The molecule has 7 heteroatoms. The molecule has 0 radical (unpaired) electrons. The number of hydrogen-bond acceptors (Lipinski definition) is 4. The normalized spacial score (nSPS) is 15.2. The third kappa shape index (κ3) is 4.67. The average molecular weight is 435 g/mol. The van der Waals surface area contributed by atoms with E-state index >= 15 is 0 Å². The smallest absolute Gasteiger partial charge is 0.273 e. The minimum atomic E-state index is -0.413. The van der Waals surface area contributed by atoms with E-state index in [-0.39, 0.29) is 22.9 Å². The molecule has 0 saturated carbocycles. The quantitative estimate of drug-likeness (QED) is 0.386. The molecule has 3 aromatic rings. The summed E-state index contributed by atoms with van der Waals surface area (Å²) in [5, 5.41) is 15.8. The van der Waals surface area contributed by atoms with Gasteiger partial charge in [-0.25, -0.2) is 0 Å². The molecule has 2 N–H and O–H groups in total. The molecule has 2 heterocycles. The molecule has 4 rings (SSSR count). The Morgan fingerprint density at radius 2 is 1.94 bits per heavy atom. The molecule has 32 heavy (non-hydrogen) atoms. The maximum absolute atomic E-state index is 12.9. The largest absolute Gasteiger partial charge is 0.361 e. The Hall–Kier alpha value is -3.19. The van der Waals surface area contributed by atoms with Gasteiger partial charge < -0.3 is 15.2 Å². The molecule has 1 fully saturated rings. The number of H-pyrrole nitrogens is 1. The number of para-hydroxylation sites is 2. The zero-order valence-corrected chi connectivity index (χ0v) is 18.5. The van der Waals surface area contributed by atoms with Gasteiger partial charge in [0, 0.05) is 54.2 Å². The van der Waals surface area contributed by atoms with Crippen molar-refractivity contribution in [3.8, 4) is 0 Å². The lowest BCUT2D eigenvalue weighted by Crippen LogP contribution is -2.34. The van der Waals surface area contributed by atoms with Gasteiger partial charge in [0.05, 0.1) is 4.92 Å². The molecule has 0 unspecified atom stereocenters. The number of aryl methyl sites for hydroxylation is 1. The van der Waals surface area contributed by atoms with Crippen molar-refractivity contribution < 1.29 is 9.72 Å². The summed E-state index contributed by atoms with van der Waals surface area (Å²) >= 11 is 0. The van der Waals surface area contributed by atoms with Gasteiger partial charge in [0.1, 0.15) is 0 Å². The minimum Gasteiger partial charge on any atom is -0.361 e. The van der Waals surface area contributed by atoms with Crippen molar-refractivity contribution in [3.05, 3.63) is 75.5 Å². The average Bonchev–Trinajstić information content (AvgIpc) is 3.47. The summed E-state index contributed by atoms with van der Waals surface area (Å²) in [4.78, 5) is 30.0. The first-order valence-electron chi connectivity index (χ1n) is 11.4. The molecule has 1 aliphatic heterocycles. The number of benzene rings is 2. The summed E-state index contributed by atoms with van der Waals surface area (Å²) in [5.41, 5.74) is 3.74. The van der Waals surface area contributed by atoms with E-state index in [0.29, 0.717) is 12.1 Å². The molecule has 0 bridgehead atoms. The van der Waals surface area contributed by atoms with Gasteiger partial charge in [0.2, 0.25) is 5.91 Å². The molecule has 1 aliphatic rings. The topological polar surface area (TPSA) is 91.3 Å². The molecule has 0 aliphatic carbocycles. The molecule has 1 amide bonds. The number of fused-ring (bicyclic) bond motifs is 1. The first-order valence-corrected chi connectivity index (χ1v) is 11.4. The summed E-state index contributed by atoms with van der Waals surface area (Å²) in [7, 11) is 0. The first-order chi connectivity index (χ1) is 15.6. The van der Waals surface area contributed by atoms with Gasteiger partial charge in [0.25, 0.3) is 5.69 Å². The van der Waals surface area contributed by atoms with Gasteiger partial charge in [-0.1, -0.05) is 43.3 Å². The van der Waals surface area contributed by atoms with E-state index < -0.39 is 5.92 Å². The number of likely N-dealkylation sites (tertiary alicyclic amines) is 1. The molecule has 1 saturated heterocycles. The molecular formula is C25H30N4O3. The van der Waals surface area contributed by atoms with Crippen LogP contribution in [0, 0.1) is 10.1 Å². The third-order valence-electron chi connectivity index (χ3n) is 6.44. The number of nitro groups is 1. The summed E-state index contributed by atoms with van der Waals surface area (Å²) in [6.07, 6.45) is 5.38. The van der Waals surface area contributed by atoms with Gasteiger partial charge in [0.15, 0.2) is 0 Å². The van der Waals surface area contributed by atoms with Crippen molar-refractivity contribution in [2.45, 2.75) is 38.5 Å². The van der Waals surface area contributed by atoms with Crippen LogP contribution in [-0.2, 0) is 11.2 Å². The van der Waals surface area contributed by atoms with Crippen molar-refractivity contribution in [1.82, 2.24) is 15.2 Å². The van der Waals surface area contributed by atoms with Crippen LogP contribution in [0.1, 0.15) is 48.8 Å². The van der Waals surface area contributed by atoms with Gasteiger partial charge in [-0.2, -0.15) is 0 Å². The number of aromatic nitrogens is 1. The van der Waals surface area contributed by atoms with E-state index in [1.54, 1.807) is 18.2 Å². The van der Waals surface area contributed by atoms with Gasteiger partial charge in [-0.3, -0.25) is 14.9 Å². The number of nitrogens with one attached hydrogen (secondary N) is 2. The lowest BCUT2D eigenvalue weighted by molar-refractivity contribution is -0.385. The lowest BCUT2D eigenvalue weighted by Gasteiger charge is -2.19. The maximum Gasteiger partial charge on any atom is 0.273 e. The van der Waals surface area contributed by atoms with E-state index in [0.717, 1.165) is 42.5 Å². The first kappa shape index (κ1) is 22.0. The van der Waals surface area contributed by atoms with Gasteiger partial charge in [-0.05, 0) is 43.5 Å². The lowest BCUT2D eigenvalue weighted by atomic mass is 9.86. The Morgan fingerprint density at radius 1 is 1.16 bits per heavy atom. The number of nitrogens with zero attached hydrogens (tertiary/aromatic N) is 2. The number of carbonyl (C=O) groups excluding carboxylic acids is 1. The zero-order chi connectivity index (χ0) is 22.5. The van der Waals surface area contributed by atoms with Crippen LogP contribution in [0.2, 0.25) is 0 Å². The Balaban J connectivity index is 1.64. The van der Waals surface area contributed by atoms with Crippen LogP contribution in [0.5, 0.6) is 0 Å². The fourth-order valence-electron chi connectivity index (χ4n) is 4.77. The summed E-state index contributed by atoms with van der Waals surface area (Å²) in [6, 6.07) is 12.8. The molecule has 1 atom stereocenters. The number of rotatable bonds is 9. The predicted molar refractivity (Wildman–Crippen MR) is 126 cm³/mol. The Labute approximate surface area is 188 Å². The van der Waals surface area contributed by atoms with Crippen molar-refractivity contribution in [2.75, 3.05) is 26.2 Å². The molecule has 7 nitrogen and oxygen atoms in total. The fraction of sp³-hybridized carbons (Fsp3) is 0.400. The Morgan fingerprint density at radius 3 is 2.69 bits per heavy atom. The van der Waals surface area contributed by atoms with Gasteiger partial charge >= 0.3 is 0 Å².